The quantitative estimate of drug-likeness (QED) is 0.394. The van der Waals surface area contributed by atoms with Crippen molar-refractivity contribution in [3.8, 4) is 22.6 Å². The van der Waals surface area contributed by atoms with E-state index in [0.29, 0.717) is 12.3 Å². The van der Waals surface area contributed by atoms with Gasteiger partial charge in [0, 0.05) is 29.3 Å². The molecule has 0 spiro atoms. The highest BCUT2D eigenvalue weighted by Crippen LogP contribution is 2.30. The predicted octanol–water partition coefficient (Wildman–Crippen LogP) is 4.60. The number of hydrogen-bond donors (Lipinski definition) is 3. The maximum atomic E-state index is 5.29. The highest BCUT2D eigenvalue weighted by molar-refractivity contribution is 7.80. The van der Waals surface area contributed by atoms with Crippen molar-refractivity contribution in [3.63, 3.8) is 0 Å². The Balaban J connectivity index is 1.65. The summed E-state index contributed by atoms with van der Waals surface area (Å²) >= 11 is 4.35. The molecule has 0 atom stereocenters. The van der Waals surface area contributed by atoms with Gasteiger partial charge in [-0.25, -0.2) is 9.97 Å². The first-order valence-corrected chi connectivity index (χ1v) is 9.28. The minimum absolute atomic E-state index is 0.512. The maximum Gasteiger partial charge on any atom is 0.181 e. The smallest absolute Gasteiger partial charge is 0.181 e. The van der Waals surface area contributed by atoms with Crippen molar-refractivity contribution < 1.29 is 4.74 Å². The zero-order valence-corrected chi connectivity index (χ0v) is 16.0. The van der Waals surface area contributed by atoms with Gasteiger partial charge in [-0.2, -0.15) is 5.10 Å². The first-order chi connectivity index (χ1) is 13.7. The van der Waals surface area contributed by atoms with Gasteiger partial charge in [0.05, 0.1) is 23.0 Å². The molecule has 7 heteroatoms. The summed E-state index contributed by atoms with van der Waals surface area (Å²) in [7, 11) is 1.68. The number of nitrogens with one attached hydrogen (secondary N) is 2. The van der Waals surface area contributed by atoms with Crippen LogP contribution in [0.2, 0.25) is 0 Å². The molecule has 5 rings (SSSR count). The van der Waals surface area contributed by atoms with Crippen LogP contribution < -0.4 is 0 Å². The SMILES string of the molecule is COCc1cccc2[nH]c(-c3[nH]nc4ncc(-c5ccc(S)cc5)cc34)nc12. The number of thiol groups is 1. The molecule has 3 heterocycles. The summed E-state index contributed by atoms with van der Waals surface area (Å²) in [5, 5.41) is 8.34. The largest absolute Gasteiger partial charge is 0.380 e. The second kappa shape index (κ2) is 6.78. The summed E-state index contributed by atoms with van der Waals surface area (Å²) in [6.45, 7) is 0.512. The van der Waals surface area contributed by atoms with Crippen molar-refractivity contribution in [2.24, 2.45) is 0 Å². The zero-order chi connectivity index (χ0) is 19.1. The lowest BCUT2D eigenvalue weighted by atomic mass is 10.1. The van der Waals surface area contributed by atoms with Gasteiger partial charge in [-0.3, -0.25) is 5.10 Å². The third-order valence-electron chi connectivity index (χ3n) is 4.74. The van der Waals surface area contributed by atoms with Crippen molar-refractivity contribution in [1.82, 2.24) is 25.1 Å². The minimum atomic E-state index is 0.512. The zero-order valence-electron chi connectivity index (χ0n) is 15.1. The van der Waals surface area contributed by atoms with Gasteiger partial charge in [-0.05, 0) is 29.8 Å². The number of para-hydroxylation sites is 1. The summed E-state index contributed by atoms with van der Waals surface area (Å²) in [5.74, 6) is 0.728. The number of aromatic amines is 2. The molecule has 5 aromatic rings. The van der Waals surface area contributed by atoms with Crippen LogP contribution in [0.15, 0.2) is 59.6 Å². The lowest BCUT2D eigenvalue weighted by molar-refractivity contribution is 0.186. The third-order valence-corrected chi connectivity index (χ3v) is 5.04. The van der Waals surface area contributed by atoms with Gasteiger partial charge in [-0.1, -0.05) is 24.3 Å². The molecule has 0 fully saturated rings. The fourth-order valence-corrected chi connectivity index (χ4v) is 3.52. The van der Waals surface area contributed by atoms with Crippen molar-refractivity contribution in [2.45, 2.75) is 11.5 Å². The second-order valence-corrected chi connectivity index (χ2v) is 7.09. The second-order valence-electron chi connectivity index (χ2n) is 6.57. The Morgan fingerprint density at radius 1 is 1.07 bits per heavy atom. The maximum absolute atomic E-state index is 5.29. The molecule has 2 aromatic carbocycles. The lowest BCUT2D eigenvalue weighted by Gasteiger charge is -2.02. The molecule has 0 bridgehead atoms. The first kappa shape index (κ1) is 17.0. The Hall–Kier alpha value is -3.16. The van der Waals surface area contributed by atoms with Crippen LogP contribution >= 0.6 is 12.6 Å². The van der Waals surface area contributed by atoms with Crippen LogP contribution in [0.5, 0.6) is 0 Å². The van der Waals surface area contributed by atoms with E-state index in [2.05, 4.69) is 38.9 Å². The molecule has 0 amide bonds. The molecular formula is C21H17N5OS. The van der Waals surface area contributed by atoms with Crippen LogP contribution in [0.3, 0.4) is 0 Å². The average Bonchev–Trinajstić information content (AvgIpc) is 3.32. The van der Waals surface area contributed by atoms with E-state index in [4.69, 9.17) is 9.72 Å². The topological polar surface area (TPSA) is 79.5 Å². The average molecular weight is 387 g/mol. The summed E-state index contributed by atoms with van der Waals surface area (Å²) in [5.41, 5.74) is 6.45. The number of methoxy groups -OCH3 is 1. The molecule has 0 aliphatic heterocycles. The third kappa shape index (κ3) is 2.85. The number of rotatable bonds is 4. The first-order valence-electron chi connectivity index (χ1n) is 8.83. The van der Waals surface area contributed by atoms with Gasteiger partial charge in [-0.15, -0.1) is 12.6 Å². The number of aromatic nitrogens is 5. The van der Waals surface area contributed by atoms with Gasteiger partial charge >= 0.3 is 0 Å². The van der Waals surface area contributed by atoms with Crippen molar-refractivity contribution in [3.05, 3.63) is 60.3 Å². The Morgan fingerprint density at radius 2 is 1.93 bits per heavy atom. The number of fused-ring (bicyclic) bond motifs is 2. The normalized spacial score (nSPS) is 11.5. The van der Waals surface area contributed by atoms with Crippen molar-refractivity contribution >= 4 is 34.7 Å². The number of nitrogens with zero attached hydrogens (tertiary/aromatic N) is 3. The molecule has 28 heavy (non-hydrogen) atoms. The molecule has 0 aliphatic rings. The lowest BCUT2D eigenvalue weighted by Crippen LogP contribution is -1.88. The van der Waals surface area contributed by atoms with Gasteiger partial charge in [0.2, 0.25) is 0 Å². The molecule has 0 saturated carbocycles. The Labute approximate surface area is 166 Å². The molecule has 2 N–H and O–H groups in total. The Morgan fingerprint density at radius 3 is 2.75 bits per heavy atom. The number of benzene rings is 2. The number of hydrogen-bond acceptors (Lipinski definition) is 5. The summed E-state index contributed by atoms with van der Waals surface area (Å²) in [6.07, 6.45) is 1.83. The van der Waals surface area contributed by atoms with Crippen LogP contribution in [0.4, 0.5) is 0 Å². The van der Waals surface area contributed by atoms with E-state index in [9.17, 15) is 0 Å². The molecule has 0 aliphatic carbocycles. The van der Waals surface area contributed by atoms with Crippen LogP contribution in [0, 0.1) is 0 Å². The Kier molecular flexibility index (Phi) is 4.11. The summed E-state index contributed by atoms with van der Waals surface area (Å²) in [4.78, 5) is 13.6. The van der Waals surface area contributed by atoms with Crippen LogP contribution in [0.1, 0.15) is 5.56 Å². The van der Waals surface area contributed by atoms with Gasteiger partial charge in [0.25, 0.3) is 0 Å². The van der Waals surface area contributed by atoms with E-state index >= 15 is 0 Å². The molecule has 0 saturated heterocycles. The number of pyridine rings is 1. The van der Waals surface area contributed by atoms with Crippen molar-refractivity contribution in [2.75, 3.05) is 7.11 Å². The molecule has 0 radical (unpaired) electrons. The minimum Gasteiger partial charge on any atom is -0.380 e. The van der Waals surface area contributed by atoms with Crippen LogP contribution in [0.25, 0.3) is 44.7 Å². The summed E-state index contributed by atoms with van der Waals surface area (Å²) in [6, 6.07) is 16.1. The molecule has 3 aromatic heterocycles. The van der Waals surface area contributed by atoms with Crippen LogP contribution in [-0.4, -0.2) is 32.3 Å². The van der Waals surface area contributed by atoms with Crippen LogP contribution in [-0.2, 0) is 11.3 Å². The molecule has 6 nitrogen and oxygen atoms in total. The Bertz CT molecular complexity index is 1290. The van der Waals surface area contributed by atoms with Gasteiger partial charge in [0.15, 0.2) is 11.5 Å². The standard InChI is InChI=1S/C21H17N5OS/c1-27-11-13-3-2-4-17-18(13)24-21(23-17)19-16-9-14(10-22-20(16)26-25-19)12-5-7-15(28)8-6-12/h2-10,28H,11H2,1H3,(H,23,24)(H,22,25,26). The van der Waals surface area contributed by atoms with E-state index in [1.54, 1.807) is 7.11 Å². The number of ether oxygens (including phenoxy) is 1. The molecule has 0 unspecified atom stereocenters. The van der Waals surface area contributed by atoms with Gasteiger partial charge in [0.1, 0.15) is 5.69 Å². The number of imidazole rings is 1. The van der Waals surface area contributed by atoms with E-state index < -0.39 is 0 Å². The summed E-state index contributed by atoms with van der Waals surface area (Å²) < 4.78 is 5.29. The highest BCUT2D eigenvalue weighted by atomic mass is 32.1. The molecular weight excluding hydrogens is 370 g/mol. The van der Waals surface area contributed by atoms with Crippen molar-refractivity contribution in [1.29, 1.82) is 0 Å². The van der Waals surface area contributed by atoms with E-state index in [1.807, 2.05) is 48.7 Å². The number of H-pyrrole nitrogens is 2. The highest BCUT2D eigenvalue weighted by Gasteiger charge is 2.15. The fraction of sp³-hybridized carbons (Fsp3) is 0.0952. The van der Waals surface area contributed by atoms with E-state index in [1.165, 1.54) is 0 Å². The fourth-order valence-electron chi connectivity index (χ4n) is 3.37. The van der Waals surface area contributed by atoms with Gasteiger partial charge < -0.3 is 9.72 Å². The van der Waals surface area contributed by atoms with E-state index in [-0.39, 0.29) is 0 Å². The van der Waals surface area contributed by atoms with E-state index in [0.717, 1.165) is 49.5 Å². The predicted molar refractivity (Wildman–Crippen MR) is 112 cm³/mol. The monoisotopic (exact) mass is 387 g/mol. The molecule has 138 valence electrons.